The number of hydrogen-bond donors (Lipinski definition) is 1. The molecule has 2 aromatic rings. The Bertz CT molecular complexity index is 1110. The fraction of sp³-hybridized carbons (Fsp3) is 0.423. The summed E-state index contributed by atoms with van der Waals surface area (Å²) in [5.41, 5.74) is 0.564. The molecular weight excluding hydrogens is 503 g/mol. The third-order valence-corrected chi connectivity index (χ3v) is 7.55. The standard InChI is InChI=1S/C26H30Cl2N4O4/c1-36-15-5-12-29-23(33)17-31-18-32(20-6-3-2-4-7-20)26(25(31)35)10-13-30(14-11-26)24(34)19-8-9-21(27)22(28)16-19/h2-4,6-9,16H,5,10-15,17-18H2,1H3,(H,29,33). The number of para-hydroxylation sites is 1. The monoisotopic (exact) mass is 532 g/mol. The minimum absolute atomic E-state index is 0.0111. The molecule has 36 heavy (non-hydrogen) atoms. The van der Waals surface area contributed by atoms with Crippen LogP contribution < -0.4 is 10.2 Å². The molecule has 2 heterocycles. The van der Waals surface area contributed by atoms with Crippen molar-refractivity contribution in [1.29, 1.82) is 0 Å². The molecule has 0 saturated carbocycles. The van der Waals surface area contributed by atoms with Gasteiger partial charge in [-0.15, -0.1) is 0 Å². The number of methoxy groups -OCH3 is 1. The van der Waals surface area contributed by atoms with E-state index in [1.807, 2.05) is 30.3 Å². The molecule has 0 unspecified atom stereocenters. The van der Waals surface area contributed by atoms with E-state index in [0.29, 0.717) is 67.8 Å². The summed E-state index contributed by atoms with van der Waals surface area (Å²) in [5.74, 6) is -0.427. The predicted molar refractivity (Wildman–Crippen MR) is 139 cm³/mol. The van der Waals surface area contributed by atoms with Crippen LogP contribution in [0.2, 0.25) is 10.0 Å². The summed E-state index contributed by atoms with van der Waals surface area (Å²) in [6.45, 7) is 2.17. The van der Waals surface area contributed by atoms with Crippen molar-refractivity contribution in [3.05, 3.63) is 64.1 Å². The van der Waals surface area contributed by atoms with Crippen molar-refractivity contribution in [3.63, 3.8) is 0 Å². The van der Waals surface area contributed by atoms with Crippen LogP contribution in [0.15, 0.2) is 48.5 Å². The number of hydrogen-bond acceptors (Lipinski definition) is 5. The van der Waals surface area contributed by atoms with E-state index < -0.39 is 5.54 Å². The molecule has 8 nitrogen and oxygen atoms in total. The highest BCUT2D eigenvalue weighted by Crippen LogP contribution is 2.39. The van der Waals surface area contributed by atoms with Gasteiger partial charge in [0, 0.05) is 44.6 Å². The molecule has 3 amide bonds. The Morgan fingerprint density at radius 1 is 1.06 bits per heavy atom. The van der Waals surface area contributed by atoms with E-state index in [1.54, 1.807) is 35.1 Å². The van der Waals surface area contributed by atoms with E-state index >= 15 is 0 Å². The van der Waals surface area contributed by atoms with Gasteiger partial charge in [0.25, 0.3) is 11.8 Å². The summed E-state index contributed by atoms with van der Waals surface area (Å²) in [6, 6.07) is 14.6. The van der Waals surface area contributed by atoms with Gasteiger partial charge in [0.2, 0.25) is 5.91 Å². The van der Waals surface area contributed by atoms with E-state index in [-0.39, 0.29) is 24.3 Å². The summed E-state index contributed by atoms with van der Waals surface area (Å²) in [6.07, 6.45) is 1.62. The van der Waals surface area contributed by atoms with Crippen molar-refractivity contribution in [2.75, 3.05) is 51.5 Å². The highest BCUT2D eigenvalue weighted by molar-refractivity contribution is 6.42. The number of nitrogens with one attached hydrogen (secondary N) is 1. The smallest absolute Gasteiger partial charge is 0.253 e. The summed E-state index contributed by atoms with van der Waals surface area (Å²) in [5, 5.41) is 3.57. The zero-order chi connectivity index (χ0) is 25.7. The molecule has 2 aliphatic heterocycles. The first-order valence-corrected chi connectivity index (χ1v) is 12.7. The van der Waals surface area contributed by atoms with Crippen molar-refractivity contribution in [3.8, 4) is 0 Å². The number of benzene rings is 2. The van der Waals surface area contributed by atoms with Gasteiger partial charge >= 0.3 is 0 Å². The van der Waals surface area contributed by atoms with Gasteiger partial charge in [-0.25, -0.2) is 0 Å². The minimum atomic E-state index is -0.813. The minimum Gasteiger partial charge on any atom is -0.385 e. The summed E-state index contributed by atoms with van der Waals surface area (Å²) < 4.78 is 5.01. The lowest BCUT2D eigenvalue weighted by Crippen LogP contribution is -2.57. The number of anilines is 1. The van der Waals surface area contributed by atoms with Crippen LogP contribution in [0.4, 0.5) is 5.69 Å². The van der Waals surface area contributed by atoms with E-state index in [9.17, 15) is 14.4 Å². The van der Waals surface area contributed by atoms with Gasteiger partial charge in [-0.05, 0) is 49.6 Å². The highest BCUT2D eigenvalue weighted by atomic mass is 35.5. The number of carbonyl (C=O) groups excluding carboxylic acids is 3. The van der Waals surface area contributed by atoms with E-state index in [1.165, 1.54) is 0 Å². The van der Waals surface area contributed by atoms with Crippen LogP contribution in [0.1, 0.15) is 29.6 Å². The Hall–Kier alpha value is -2.81. The summed E-state index contributed by atoms with van der Waals surface area (Å²) in [4.78, 5) is 44.8. The van der Waals surface area contributed by atoms with Crippen LogP contribution in [0.25, 0.3) is 0 Å². The van der Waals surface area contributed by atoms with Crippen LogP contribution in [-0.2, 0) is 14.3 Å². The molecule has 1 spiro atoms. The van der Waals surface area contributed by atoms with Crippen molar-refractivity contribution >= 4 is 46.6 Å². The molecular formula is C26H30Cl2N4O4. The first kappa shape index (κ1) is 26.3. The maximum atomic E-state index is 13.8. The number of carbonyl (C=O) groups is 3. The number of likely N-dealkylation sites (tertiary alicyclic amines) is 1. The lowest BCUT2D eigenvalue weighted by Gasteiger charge is -2.43. The molecule has 2 aromatic carbocycles. The van der Waals surface area contributed by atoms with Crippen LogP contribution in [-0.4, -0.2) is 79.6 Å². The van der Waals surface area contributed by atoms with Gasteiger partial charge < -0.3 is 24.8 Å². The number of piperidine rings is 1. The molecule has 2 saturated heterocycles. The molecule has 0 aromatic heterocycles. The lowest BCUT2D eigenvalue weighted by atomic mass is 9.85. The molecule has 0 radical (unpaired) electrons. The predicted octanol–water partition coefficient (Wildman–Crippen LogP) is 3.43. The van der Waals surface area contributed by atoms with Crippen LogP contribution in [0, 0.1) is 0 Å². The number of ether oxygens (including phenoxy) is 1. The van der Waals surface area contributed by atoms with Gasteiger partial charge in [0.1, 0.15) is 12.1 Å². The van der Waals surface area contributed by atoms with Gasteiger partial charge in [0.15, 0.2) is 0 Å². The lowest BCUT2D eigenvalue weighted by molar-refractivity contribution is -0.137. The van der Waals surface area contributed by atoms with Gasteiger partial charge in [0.05, 0.1) is 16.7 Å². The van der Waals surface area contributed by atoms with Gasteiger partial charge in [-0.1, -0.05) is 41.4 Å². The van der Waals surface area contributed by atoms with Crippen LogP contribution in [0.3, 0.4) is 0 Å². The highest BCUT2D eigenvalue weighted by Gasteiger charge is 2.54. The Morgan fingerprint density at radius 3 is 2.44 bits per heavy atom. The Kier molecular flexibility index (Phi) is 8.39. The zero-order valence-electron chi connectivity index (χ0n) is 20.2. The average molecular weight is 533 g/mol. The van der Waals surface area contributed by atoms with E-state index in [4.69, 9.17) is 27.9 Å². The summed E-state index contributed by atoms with van der Waals surface area (Å²) >= 11 is 12.1. The van der Waals surface area contributed by atoms with Crippen molar-refractivity contribution in [2.45, 2.75) is 24.8 Å². The molecule has 2 aliphatic rings. The van der Waals surface area contributed by atoms with E-state index in [2.05, 4.69) is 10.2 Å². The van der Waals surface area contributed by atoms with Gasteiger partial charge in [-0.3, -0.25) is 14.4 Å². The second-order valence-corrected chi connectivity index (χ2v) is 9.87. The maximum Gasteiger partial charge on any atom is 0.253 e. The molecule has 0 atom stereocenters. The average Bonchev–Trinajstić information content (AvgIpc) is 3.15. The van der Waals surface area contributed by atoms with Crippen molar-refractivity contribution in [2.24, 2.45) is 0 Å². The summed E-state index contributed by atoms with van der Waals surface area (Å²) in [7, 11) is 1.62. The fourth-order valence-electron chi connectivity index (χ4n) is 4.89. The number of halogens is 2. The Morgan fingerprint density at radius 2 is 1.78 bits per heavy atom. The van der Waals surface area contributed by atoms with Crippen LogP contribution >= 0.6 is 23.2 Å². The SMILES string of the molecule is COCCCNC(=O)CN1CN(c2ccccc2)C2(CCN(C(=O)c3ccc(Cl)c(Cl)c3)CC2)C1=O. The molecule has 1 N–H and O–H groups in total. The molecule has 0 bridgehead atoms. The Labute approximate surface area is 221 Å². The fourth-order valence-corrected chi connectivity index (χ4v) is 5.19. The van der Waals surface area contributed by atoms with E-state index in [0.717, 1.165) is 5.69 Å². The van der Waals surface area contributed by atoms with Gasteiger partial charge in [-0.2, -0.15) is 0 Å². The largest absolute Gasteiger partial charge is 0.385 e. The zero-order valence-corrected chi connectivity index (χ0v) is 21.7. The molecule has 192 valence electrons. The normalized spacial score (nSPS) is 17.1. The number of nitrogens with zero attached hydrogens (tertiary/aromatic N) is 3. The number of rotatable bonds is 8. The Balaban J connectivity index is 1.49. The second-order valence-electron chi connectivity index (χ2n) is 9.06. The van der Waals surface area contributed by atoms with Crippen molar-refractivity contribution in [1.82, 2.24) is 15.1 Å². The second kappa shape index (κ2) is 11.5. The maximum absolute atomic E-state index is 13.8. The molecule has 10 heteroatoms. The topological polar surface area (TPSA) is 82.2 Å². The third-order valence-electron chi connectivity index (χ3n) is 6.81. The van der Waals surface area contributed by atoms with Crippen LogP contribution in [0.5, 0.6) is 0 Å². The first-order chi connectivity index (χ1) is 17.4. The molecule has 0 aliphatic carbocycles. The molecule has 2 fully saturated rings. The van der Waals surface area contributed by atoms with Crippen molar-refractivity contribution < 1.29 is 19.1 Å². The number of amides is 3. The third kappa shape index (κ3) is 5.45. The quantitative estimate of drug-likeness (QED) is 0.526. The molecule has 4 rings (SSSR count). The first-order valence-electron chi connectivity index (χ1n) is 12.0.